The molecule has 0 unspecified atom stereocenters. The molecule has 0 bridgehead atoms. The number of aromatic nitrogens is 2. The Bertz CT molecular complexity index is 734. The summed E-state index contributed by atoms with van der Waals surface area (Å²) in [6.45, 7) is 6.20. The van der Waals surface area contributed by atoms with Crippen molar-refractivity contribution in [2.24, 2.45) is 0 Å². The second-order valence-corrected chi connectivity index (χ2v) is 6.74. The first-order valence-corrected chi connectivity index (χ1v) is 9.24. The van der Waals surface area contributed by atoms with Crippen LogP contribution in [0.5, 0.6) is 0 Å². The number of hydrogen-bond donors (Lipinski definition) is 0. The molecule has 6 nitrogen and oxygen atoms in total. The summed E-state index contributed by atoms with van der Waals surface area (Å²) in [5.74, 6) is 1.64. The van der Waals surface area contributed by atoms with Gasteiger partial charge in [0.05, 0.1) is 12.5 Å². The zero-order valence-electron chi connectivity index (χ0n) is 14.9. The summed E-state index contributed by atoms with van der Waals surface area (Å²) in [7, 11) is 0. The molecule has 0 amide bonds. The van der Waals surface area contributed by atoms with E-state index < -0.39 is 0 Å². The summed E-state index contributed by atoms with van der Waals surface area (Å²) in [6.07, 6.45) is 9.31. The number of halogens is 1. The Balaban J connectivity index is 1.33. The monoisotopic (exact) mass is 357 g/mol. The van der Waals surface area contributed by atoms with Gasteiger partial charge in [-0.25, -0.2) is 9.37 Å². The van der Waals surface area contributed by atoms with Crippen LogP contribution in [0.4, 0.5) is 16.2 Å². The van der Waals surface area contributed by atoms with Gasteiger partial charge in [-0.2, -0.15) is 4.98 Å². The van der Waals surface area contributed by atoms with Gasteiger partial charge in [0, 0.05) is 45.8 Å². The van der Waals surface area contributed by atoms with Gasteiger partial charge in [-0.15, -0.1) is 0 Å². The molecule has 0 N–H and O–H groups in total. The minimum atomic E-state index is -0.322. The van der Waals surface area contributed by atoms with Crippen molar-refractivity contribution in [3.05, 3.63) is 42.2 Å². The Hall–Kier alpha value is -2.41. The van der Waals surface area contributed by atoms with Gasteiger partial charge in [0.2, 0.25) is 5.95 Å². The predicted molar refractivity (Wildman–Crippen MR) is 99.8 cm³/mol. The molecule has 2 aromatic heterocycles. The Morgan fingerprint density at radius 1 is 1.08 bits per heavy atom. The van der Waals surface area contributed by atoms with Crippen molar-refractivity contribution < 1.29 is 8.81 Å². The first-order chi connectivity index (χ1) is 12.8. The Morgan fingerprint density at radius 3 is 2.62 bits per heavy atom. The third-order valence-electron chi connectivity index (χ3n) is 4.96. The van der Waals surface area contributed by atoms with E-state index >= 15 is 0 Å². The number of hydrogen-bond acceptors (Lipinski definition) is 6. The van der Waals surface area contributed by atoms with Crippen LogP contribution in [-0.2, 0) is 0 Å². The zero-order valence-corrected chi connectivity index (χ0v) is 14.9. The molecule has 2 aliphatic heterocycles. The molecule has 7 heteroatoms. The molecule has 0 radical (unpaired) electrons. The fraction of sp³-hybridized carbons (Fsp3) is 0.474. The lowest BCUT2D eigenvalue weighted by molar-refractivity contribution is 0.283. The van der Waals surface area contributed by atoms with E-state index in [-0.39, 0.29) is 5.82 Å². The molecule has 2 aliphatic rings. The Kier molecular flexibility index (Phi) is 5.15. The quantitative estimate of drug-likeness (QED) is 0.820. The van der Waals surface area contributed by atoms with E-state index in [0.29, 0.717) is 11.8 Å². The standard InChI is InChI=1S/C19H24FN5O/c20-17-15-21-19(22-18(17)24-8-1-2-9-24)25-12-10-23(11-13-25)7-3-5-16-6-4-14-26-16/h3-6,14-15H,1-2,7-13H2/b5-3+. The van der Waals surface area contributed by atoms with Crippen LogP contribution in [0.2, 0.25) is 0 Å². The molecule has 138 valence electrons. The van der Waals surface area contributed by atoms with Crippen LogP contribution < -0.4 is 9.80 Å². The van der Waals surface area contributed by atoms with Gasteiger partial charge in [-0.05, 0) is 31.1 Å². The fourth-order valence-electron chi connectivity index (χ4n) is 3.49. The van der Waals surface area contributed by atoms with Crippen LogP contribution in [-0.4, -0.2) is 60.7 Å². The molecule has 4 rings (SSSR count). The van der Waals surface area contributed by atoms with E-state index in [2.05, 4.69) is 25.8 Å². The number of piperazine rings is 1. The molecule has 0 aliphatic carbocycles. The Labute approximate surface area is 152 Å². The van der Waals surface area contributed by atoms with Crippen LogP contribution in [0, 0.1) is 5.82 Å². The van der Waals surface area contributed by atoms with Crippen LogP contribution in [0.1, 0.15) is 18.6 Å². The summed E-state index contributed by atoms with van der Waals surface area (Å²) in [4.78, 5) is 15.3. The molecule has 2 aromatic rings. The topological polar surface area (TPSA) is 48.6 Å². The van der Waals surface area contributed by atoms with Crippen molar-refractivity contribution in [3.8, 4) is 0 Å². The second-order valence-electron chi connectivity index (χ2n) is 6.74. The minimum Gasteiger partial charge on any atom is -0.465 e. The van der Waals surface area contributed by atoms with Crippen molar-refractivity contribution in [1.29, 1.82) is 0 Å². The van der Waals surface area contributed by atoms with Crippen molar-refractivity contribution in [1.82, 2.24) is 14.9 Å². The highest BCUT2D eigenvalue weighted by Crippen LogP contribution is 2.23. The Morgan fingerprint density at radius 2 is 1.88 bits per heavy atom. The summed E-state index contributed by atoms with van der Waals surface area (Å²) in [5.41, 5.74) is 0. The van der Waals surface area contributed by atoms with Crippen LogP contribution >= 0.6 is 0 Å². The van der Waals surface area contributed by atoms with E-state index in [1.54, 1.807) is 6.26 Å². The maximum atomic E-state index is 14.1. The van der Waals surface area contributed by atoms with Gasteiger partial charge < -0.3 is 14.2 Å². The summed E-state index contributed by atoms with van der Waals surface area (Å²) in [5, 5.41) is 0. The highest BCUT2D eigenvalue weighted by Gasteiger charge is 2.22. The molecular weight excluding hydrogens is 333 g/mol. The molecule has 0 aromatic carbocycles. The second kappa shape index (κ2) is 7.86. The first kappa shape index (κ1) is 17.0. The van der Waals surface area contributed by atoms with Gasteiger partial charge in [0.25, 0.3) is 0 Å². The maximum Gasteiger partial charge on any atom is 0.227 e. The van der Waals surface area contributed by atoms with Gasteiger partial charge in [0.15, 0.2) is 11.6 Å². The van der Waals surface area contributed by atoms with Crippen molar-refractivity contribution in [2.45, 2.75) is 12.8 Å². The molecule has 2 saturated heterocycles. The molecule has 4 heterocycles. The van der Waals surface area contributed by atoms with Crippen molar-refractivity contribution >= 4 is 17.8 Å². The van der Waals surface area contributed by atoms with Crippen molar-refractivity contribution in [3.63, 3.8) is 0 Å². The molecule has 0 atom stereocenters. The molecule has 0 spiro atoms. The lowest BCUT2D eigenvalue weighted by atomic mass is 10.3. The molecule has 2 fully saturated rings. The predicted octanol–water partition coefficient (Wildman–Crippen LogP) is 2.64. The zero-order chi connectivity index (χ0) is 17.8. The highest BCUT2D eigenvalue weighted by molar-refractivity contribution is 5.46. The molecule has 26 heavy (non-hydrogen) atoms. The SMILES string of the molecule is Fc1cnc(N2CCN(C/C=C/c3ccco3)CC2)nc1N1CCCC1. The highest BCUT2D eigenvalue weighted by atomic mass is 19.1. The van der Waals surface area contributed by atoms with Gasteiger partial charge in [-0.1, -0.05) is 6.08 Å². The summed E-state index contributed by atoms with van der Waals surface area (Å²) in [6, 6.07) is 3.83. The number of nitrogens with zero attached hydrogens (tertiary/aromatic N) is 5. The third-order valence-corrected chi connectivity index (χ3v) is 4.96. The van der Waals surface area contributed by atoms with Crippen LogP contribution in [0.25, 0.3) is 6.08 Å². The van der Waals surface area contributed by atoms with Crippen molar-refractivity contribution in [2.75, 3.05) is 55.6 Å². The van der Waals surface area contributed by atoms with Gasteiger partial charge in [-0.3, -0.25) is 4.90 Å². The maximum absolute atomic E-state index is 14.1. The van der Waals surface area contributed by atoms with E-state index in [1.165, 1.54) is 6.20 Å². The first-order valence-electron chi connectivity index (χ1n) is 9.24. The number of rotatable bonds is 5. The lowest BCUT2D eigenvalue weighted by Gasteiger charge is -2.34. The van der Waals surface area contributed by atoms with Gasteiger partial charge >= 0.3 is 0 Å². The summed E-state index contributed by atoms with van der Waals surface area (Å²) < 4.78 is 19.4. The smallest absolute Gasteiger partial charge is 0.227 e. The van der Waals surface area contributed by atoms with E-state index in [1.807, 2.05) is 23.1 Å². The van der Waals surface area contributed by atoms with Crippen LogP contribution in [0.3, 0.4) is 0 Å². The average Bonchev–Trinajstić information content (AvgIpc) is 3.37. The molecule has 0 saturated carbocycles. The largest absolute Gasteiger partial charge is 0.465 e. The number of anilines is 2. The lowest BCUT2D eigenvalue weighted by Crippen LogP contribution is -2.47. The average molecular weight is 357 g/mol. The third kappa shape index (κ3) is 3.88. The molecular formula is C19H24FN5O. The summed E-state index contributed by atoms with van der Waals surface area (Å²) >= 11 is 0. The van der Waals surface area contributed by atoms with E-state index in [4.69, 9.17) is 4.42 Å². The fourth-order valence-corrected chi connectivity index (χ4v) is 3.49. The van der Waals surface area contributed by atoms with Gasteiger partial charge in [0.1, 0.15) is 5.76 Å². The van der Waals surface area contributed by atoms with E-state index in [9.17, 15) is 4.39 Å². The minimum absolute atomic E-state index is 0.322. The van der Waals surface area contributed by atoms with Crippen LogP contribution in [0.15, 0.2) is 35.1 Å². The van der Waals surface area contributed by atoms with E-state index in [0.717, 1.165) is 64.4 Å². The normalized spacial score (nSPS) is 19.0. The number of furan rings is 1.